The molecule has 0 spiro atoms. The van der Waals surface area contributed by atoms with Crippen LogP contribution in [-0.4, -0.2) is 40.6 Å². The zero-order valence-corrected chi connectivity index (χ0v) is 13.5. The van der Waals surface area contributed by atoms with Crippen molar-refractivity contribution in [3.63, 3.8) is 0 Å². The van der Waals surface area contributed by atoms with Crippen LogP contribution in [0.15, 0.2) is 24.3 Å². The van der Waals surface area contributed by atoms with Gasteiger partial charge in [-0.25, -0.2) is 4.98 Å². The first-order valence-corrected chi connectivity index (χ1v) is 7.92. The number of hydrogen-bond acceptors (Lipinski definition) is 3. The van der Waals surface area contributed by atoms with Gasteiger partial charge < -0.3 is 14.8 Å². The SMILES string of the molecule is CC(NC1CCN(C)CC1C)c1nc2ccccc2n1C. The molecule has 1 saturated heterocycles. The summed E-state index contributed by atoms with van der Waals surface area (Å²) < 4.78 is 2.21. The minimum Gasteiger partial charge on any atom is -0.330 e. The summed E-state index contributed by atoms with van der Waals surface area (Å²) in [7, 11) is 4.32. The highest BCUT2D eigenvalue weighted by atomic mass is 15.1. The third-order valence-electron chi connectivity index (χ3n) is 4.78. The molecule has 0 saturated carbocycles. The number of aromatic nitrogens is 2. The van der Waals surface area contributed by atoms with Gasteiger partial charge >= 0.3 is 0 Å². The van der Waals surface area contributed by atoms with Crippen LogP contribution in [0.25, 0.3) is 11.0 Å². The van der Waals surface area contributed by atoms with Crippen molar-refractivity contribution in [2.45, 2.75) is 32.4 Å². The Morgan fingerprint density at radius 1 is 1.29 bits per heavy atom. The maximum absolute atomic E-state index is 4.81. The normalized spacial score (nSPS) is 25.3. The average molecular weight is 286 g/mol. The number of nitrogens with zero attached hydrogens (tertiary/aromatic N) is 3. The number of likely N-dealkylation sites (tertiary alicyclic amines) is 1. The van der Waals surface area contributed by atoms with E-state index in [1.54, 1.807) is 0 Å². The van der Waals surface area contributed by atoms with Gasteiger partial charge in [0.25, 0.3) is 0 Å². The summed E-state index contributed by atoms with van der Waals surface area (Å²) >= 11 is 0. The molecule has 1 aromatic carbocycles. The first-order chi connectivity index (χ1) is 10.1. The van der Waals surface area contributed by atoms with Gasteiger partial charge in [0.05, 0.1) is 17.1 Å². The monoisotopic (exact) mass is 286 g/mol. The molecule has 3 rings (SSSR count). The van der Waals surface area contributed by atoms with Crippen LogP contribution in [0.4, 0.5) is 0 Å². The molecule has 4 nitrogen and oxygen atoms in total. The van der Waals surface area contributed by atoms with E-state index < -0.39 is 0 Å². The van der Waals surface area contributed by atoms with Crippen molar-refractivity contribution in [1.29, 1.82) is 0 Å². The lowest BCUT2D eigenvalue weighted by molar-refractivity contribution is 0.166. The summed E-state index contributed by atoms with van der Waals surface area (Å²) in [6.07, 6.45) is 1.21. The molecule has 2 heterocycles. The van der Waals surface area contributed by atoms with Crippen LogP contribution in [0.2, 0.25) is 0 Å². The van der Waals surface area contributed by atoms with E-state index in [1.165, 1.54) is 25.0 Å². The molecule has 1 aliphatic heterocycles. The van der Waals surface area contributed by atoms with Gasteiger partial charge in [0.1, 0.15) is 5.82 Å². The quantitative estimate of drug-likeness (QED) is 0.941. The molecule has 0 bridgehead atoms. The highest BCUT2D eigenvalue weighted by Gasteiger charge is 2.26. The topological polar surface area (TPSA) is 33.1 Å². The van der Waals surface area contributed by atoms with Crippen LogP contribution in [0.3, 0.4) is 0 Å². The van der Waals surface area contributed by atoms with Crippen molar-refractivity contribution in [2.24, 2.45) is 13.0 Å². The van der Waals surface area contributed by atoms with Gasteiger partial charge in [-0.2, -0.15) is 0 Å². The maximum atomic E-state index is 4.81. The van der Waals surface area contributed by atoms with Crippen LogP contribution in [0.5, 0.6) is 0 Å². The number of aryl methyl sites for hydroxylation is 1. The fourth-order valence-corrected chi connectivity index (χ4v) is 3.55. The van der Waals surface area contributed by atoms with E-state index in [2.05, 4.69) is 67.0 Å². The number of hydrogen-bond donors (Lipinski definition) is 1. The van der Waals surface area contributed by atoms with Crippen LogP contribution in [0, 0.1) is 5.92 Å². The van der Waals surface area contributed by atoms with Crippen molar-refractivity contribution >= 4 is 11.0 Å². The van der Waals surface area contributed by atoms with Gasteiger partial charge in [0.15, 0.2) is 0 Å². The molecular weight excluding hydrogens is 260 g/mol. The second-order valence-corrected chi connectivity index (χ2v) is 6.54. The Labute approximate surface area is 127 Å². The van der Waals surface area contributed by atoms with Crippen LogP contribution >= 0.6 is 0 Å². The number of imidazole rings is 1. The lowest BCUT2D eigenvalue weighted by atomic mass is 9.93. The molecule has 1 aromatic heterocycles. The molecule has 21 heavy (non-hydrogen) atoms. The van der Waals surface area contributed by atoms with Gasteiger partial charge in [-0.15, -0.1) is 0 Å². The zero-order chi connectivity index (χ0) is 15.0. The van der Waals surface area contributed by atoms with E-state index >= 15 is 0 Å². The first-order valence-electron chi connectivity index (χ1n) is 7.92. The summed E-state index contributed by atoms with van der Waals surface area (Å²) in [5.41, 5.74) is 2.29. The van der Waals surface area contributed by atoms with Crippen molar-refractivity contribution in [1.82, 2.24) is 19.8 Å². The molecule has 114 valence electrons. The van der Waals surface area contributed by atoms with Gasteiger partial charge in [0, 0.05) is 19.6 Å². The second-order valence-electron chi connectivity index (χ2n) is 6.54. The molecule has 0 amide bonds. The van der Waals surface area contributed by atoms with Gasteiger partial charge in [-0.05, 0) is 45.0 Å². The number of fused-ring (bicyclic) bond motifs is 1. The molecule has 1 N–H and O–H groups in total. The maximum Gasteiger partial charge on any atom is 0.126 e. The molecule has 1 aliphatic rings. The summed E-state index contributed by atoms with van der Waals surface area (Å²) in [5.74, 6) is 1.81. The molecule has 3 atom stereocenters. The smallest absolute Gasteiger partial charge is 0.126 e. The van der Waals surface area contributed by atoms with Crippen LogP contribution in [-0.2, 0) is 7.05 Å². The van der Waals surface area contributed by atoms with E-state index in [1.807, 2.05) is 0 Å². The summed E-state index contributed by atoms with van der Waals surface area (Å²) in [5, 5.41) is 3.80. The number of para-hydroxylation sites is 2. The van der Waals surface area contributed by atoms with Crippen LogP contribution < -0.4 is 5.32 Å². The highest BCUT2D eigenvalue weighted by molar-refractivity contribution is 5.75. The number of benzene rings is 1. The molecule has 0 aliphatic carbocycles. The lowest BCUT2D eigenvalue weighted by Gasteiger charge is -2.36. The van der Waals surface area contributed by atoms with Crippen molar-refractivity contribution in [3.05, 3.63) is 30.1 Å². The molecule has 2 aromatic rings. The van der Waals surface area contributed by atoms with E-state index in [0.717, 1.165) is 11.3 Å². The second kappa shape index (κ2) is 5.78. The Morgan fingerprint density at radius 3 is 2.76 bits per heavy atom. The fourth-order valence-electron chi connectivity index (χ4n) is 3.55. The number of rotatable bonds is 3. The minimum absolute atomic E-state index is 0.276. The average Bonchev–Trinajstić information content (AvgIpc) is 2.80. The molecule has 4 heteroatoms. The molecular formula is C17H26N4. The van der Waals surface area contributed by atoms with Gasteiger partial charge in [-0.3, -0.25) is 0 Å². The third kappa shape index (κ3) is 2.83. The third-order valence-corrected chi connectivity index (χ3v) is 4.78. The van der Waals surface area contributed by atoms with Crippen LogP contribution in [0.1, 0.15) is 32.1 Å². The van der Waals surface area contributed by atoms with E-state index in [9.17, 15) is 0 Å². The van der Waals surface area contributed by atoms with E-state index in [0.29, 0.717) is 12.0 Å². The Hall–Kier alpha value is -1.39. The Morgan fingerprint density at radius 2 is 2.05 bits per heavy atom. The standard InChI is InChI=1S/C17H26N4/c1-12-11-20(3)10-9-14(12)18-13(2)17-19-15-7-5-6-8-16(15)21(17)4/h5-8,12-14,18H,9-11H2,1-4H3. The Kier molecular flexibility index (Phi) is 4.00. The fraction of sp³-hybridized carbons (Fsp3) is 0.588. The predicted octanol–water partition coefficient (Wildman–Crippen LogP) is 2.56. The number of nitrogens with one attached hydrogen (secondary N) is 1. The molecule has 1 fully saturated rings. The highest BCUT2D eigenvalue weighted by Crippen LogP contribution is 2.22. The van der Waals surface area contributed by atoms with E-state index in [-0.39, 0.29) is 6.04 Å². The minimum atomic E-state index is 0.276. The molecule has 0 radical (unpaired) electrons. The van der Waals surface area contributed by atoms with Crippen molar-refractivity contribution < 1.29 is 0 Å². The lowest BCUT2D eigenvalue weighted by Crippen LogP contribution is -2.47. The van der Waals surface area contributed by atoms with Crippen molar-refractivity contribution in [2.75, 3.05) is 20.1 Å². The van der Waals surface area contributed by atoms with Crippen molar-refractivity contribution in [3.8, 4) is 0 Å². The number of piperidine rings is 1. The Bertz CT molecular complexity index is 618. The molecule has 3 unspecified atom stereocenters. The van der Waals surface area contributed by atoms with Gasteiger partial charge in [-0.1, -0.05) is 19.1 Å². The Balaban J connectivity index is 1.78. The largest absolute Gasteiger partial charge is 0.330 e. The first kappa shape index (κ1) is 14.5. The van der Waals surface area contributed by atoms with Gasteiger partial charge in [0.2, 0.25) is 0 Å². The summed E-state index contributed by atoms with van der Waals surface area (Å²) in [6.45, 7) is 6.92. The zero-order valence-electron chi connectivity index (χ0n) is 13.5. The summed E-state index contributed by atoms with van der Waals surface area (Å²) in [4.78, 5) is 7.23. The van der Waals surface area contributed by atoms with E-state index in [4.69, 9.17) is 4.98 Å². The predicted molar refractivity (Wildman–Crippen MR) is 87.3 cm³/mol. The summed E-state index contributed by atoms with van der Waals surface area (Å²) in [6, 6.07) is 9.20.